The minimum absolute atomic E-state index is 0.123. The summed E-state index contributed by atoms with van der Waals surface area (Å²) in [4.78, 5) is 19.8. The molecule has 0 radical (unpaired) electrons. The second-order valence-corrected chi connectivity index (χ2v) is 5.43. The molecule has 0 bridgehead atoms. The molecule has 3 heterocycles. The Morgan fingerprint density at radius 2 is 2.17 bits per heavy atom. The van der Waals surface area contributed by atoms with Crippen LogP contribution in [-0.2, 0) is 4.74 Å². The lowest BCUT2D eigenvalue weighted by Gasteiger charge is -2.12. The van der Waals surface area contributed by atoms with E-state index >= 15 is 0 Å². The minimum atomic E-state index is -1.02. The van der Waals surface area contributed by atoms with Gasteiger partial charge < -0.3 is 9.84 Å². The second kappa shape index (κ2) is 6.37. The van der Waals surface area contributed by atoms with E-state index in [-0.39, 0.29) is 11.8 Å². The van der Waals surface area contributed by atoms with Crippen molar-refractivity contribution in [3.63, 3.8) is 0 Å². The Morgan fingerprint density at radius 1 is 1.38 bits per heavy atom. The van der Waals surface area contributed by atoms with Crippen LogP contribution in [0.3, 0.4) is 0 Å². The first-order valence-electron chi connectivity index (χ1n) is 7.67. The van der Waals surface area contributed by atoms with Crippen molar-refractivity contribution in [3.05, 3.63) is 41.9 Å². The molecule has 3 aromatic rings. The van der Waals surface area contributed by atoms with E-state index in [0.717, 1.165) is 11.3 Å². The number of hydrogen-bond donors (Lipinski definition) is 1. The van der Waals surface area contributed by atoms with E-state index in [9.17, 15) is 9.90 Å². The summed E-state index contributed by atoms with van der Waals surface area (Å²) < 4.78 is 7.29. The summed E-state index contributed by atoms with van der Waals surface area (Å²) in [6, 6.07) is 5.35. The highest BCUT2D eigenvalue weighted by atomic mass is 16.5. The van der Waals surface area contributed by atoms with E-state index in [1.165, 1.54) is 6.20 Å². The third kappa shape index (κ3) is 2.85. The summed E-state index contributed by atoms with van der Waals surface area (Å²) in [6.07, 6.45) is 2.73. The van der Waals surface area contributed by atoms with Gasteiger partial charge in [-0.2, -0.15) is 5.10 Å². The van der Waals surface area contributed by atoms with Crippen LogP contribution in [0, 0.1) is 6.92 Å². The van der Waals surface area contributed by atoms with Crippen molar-refractivity contribution in [3.8, 4) is 11.3 Å². The van der Waals surface area contributed by atoms with Gasteiger partial charge in [0, 0.05) is 35.6 Å². The van der Waals surface area contributed by atoms with E-state index in [1.54, 1.807) is 16.9 Å². The van der Waals surface area contributed by atoms with E-state index < -0.39 is 5.97 Å². The molecule has 24 heavy (non-hydrogen) atoms. The highest BCUT2D eigenvalue weighted by Crippen LogP contribution is 2.29. The van der Waals surface area contributed by atoms with Crippen molar-refractivity contribution >= 4 is 17.0 Å². The van der Waals surface area contributed by atoms with Crippen LogP contribution < -0.4 is 0 Å². The molecule has 0 amide bonds. The van der Waals surface area contributed by atoms with Crippen LogP contribution in [0.25, 0.3) is 22.3 Å². The average Bonchev–Trinajstić information content (AvgIpc) is 2.94. The molecule has 0 saturated carbocycles. The largest absolute Gasteiger partial charge is 0.478 e. The number of aryl methyl sites for hydroxylation is 1. The molecule has 3 rings (SSSR count). The Labute approximate surface area is 138 Å². The Hall–Kier alpha value is -2.80. The number of pyridine rings is 2. The summed E-state index contributed by atoms with van der Waals surface area (Å²) in [5.74, 6) is -1.02. The van der Waals surface area contributed by atoms with Gasteiger partial charge in [-0.3, -0.25) is 4.98 Å². The fraction of sp³-hybridized carbons (Fsp3) is 0.294. The third-order valence-corrected chi connectivity index (χ3v) is 3.72. The number of rotatable bonds is 5. The van der Waals surface area contributed by atoms with Gasteiger partial charge in [0.25, 0.3) is 0 Å². The molecule has 1 N–H and O–H groups in total. The molecule has 3 aromatic heterocycles. The Bertz CT molecular complexity index is 904. The number of aromatic nitrogens is 4. The number of aromatic carboxylic acids is 1. The van der Waals surface area contributed by atoms with Crippen LogP contribution in [-0.4, -0.2) is 37.4 Å². The molecule has 124 valence electrons. The van der Waals surface area contributed by atoms with Crippen LogP contribution in [0.1, 0.15) is 36.1 Å². The van der Waals surface area contributed by atoms with Crippen molar-refractivity contribution in [2.45, 2.75) is 27.0 Å². The molecule has 0 aliphatic carbocycles. The predicted molar refractivity (Wildman–Crippen MR) is 88.8 cm³/mol. The Morgan fingerprint density at radius 3 is 2.83 bits per heavy atom. The number of hydrogen-bond acceptors (Lipinski definition) is 5. The van der Waals surface area contributed by atoms with Gasteiger partial charge in [-0.1, -0.05) is 0 Å². The van der Waals surface area contributed by atoms with Crippen LogP contribution >= 0.6 is 0 Å². The first kappa shape index (κ1) is 16.1. The van der Waals surface area contributed by atoms with Crippen molar-refractivity contribution in [2.75, 3.05) is 6.61 Å². The van der Waals surface area contributed by atoms with Crippen LogP contribution in [0.2, 0.25) is 0 Å². The van der Waals surface area contributed by atoms with Gasteiger partial charge in [-0.15, -0.1) is 0 Å². The molecular weight excluding hydrogens is 308 g/mol. The molecule has 0 aliphatic rings. The van der Waals surface area contributed by atoms with E-state index in [0.29, 0.717) is 23.3 Å². The van der Waals surface area contributed by atoms with Crippen molar-refractivity contribution < 1.29 is 14.6 Å². The molecule has 0 spiro atoms. The lowest BCUT2D eigenvalue weighted by atomic mass is 10.1. The molecule has 1 unspecified atom stereocenters. The standard InChI is InChI=1S/C17H18N4O3/c1-4-24-11(3)21-16-14(8-13(9-19-16)17(22)23)15(20-21)12-5-6-18-10(2)7-12/h5-9,11H,4H2,1-3H3,(H,22,23). The molecule has 7 nitrogen and oxygen atoms in total. The summed E-state index contributed by atoms with van der Waals surface area (Å²) in [5, 5.41) is 14.5. The number of carboxylic acid groups (broad SMARTS) is 1. The summed E-state index contributed by atoms with van der Waals surface area (Å²) in [5.41, 5.74) is 3.09. The molecule has 0 fully saturated rings. The first-order chi connectivity index (χ1) is 11.5. The quantitative estimate of drug-likeness (QED) is 0.775. The maximum absolute atomic E-state index is 11.3. The lowest BCUT2D eigenvalue weighted by molar-refractivity contribution is 0.0189. The highest BCUT2D eigenvalue weighted by molar-refractivity contribution is 5.97. The summed E-state index contributed by atoms with van der Waals surface area (Å²) in [7, 11) is 0. The maximum Gasteiger partial charge on any atom is 0.337 e. The number of carbonyl (C=O) groups is 1. The first-order valence-corrected chi connectivity index (χ1v) is 7.67. The lowest BCUT2D eigenvalue weighted by Crippen LogP contribution is -2.11. The molecule has 0 aliphatic heterocycles. The Balaban J connectivity index is 2.26. The predicted octanol–water partition coefficient (Wildman–Crippen LogP) is 3.05. The molecular formula is C17H18N4O3. The smallest absolute Gasteiger partial charge is 0.337 e. The molecule has 7 heteroatoms. The van der Waals surface area contributed by atoms with Crippen molar-refractivity contribution in [2.24, 2.45) is 0 Å². The van der Waals surface area contributed by atoms with Crippen LogP contribution in [0.5, 0.6) is 0 Å². The van der Waals surface area contributed by atoms with Crippen molar-refractivity contribution in [1.82, 2.24) is 19.7 Å². The van der Waals surface area contributed by atoms with Gasteiger partial charge in [0.15, 0.2) is 5.65 Å². The van der Waals surface area contributed by atoms with Gasteiger partial charge in [-0.05, 0) is 39.0 Å². The average molecular weight is 326 g/mol. The van der Waals surface area contributed by atoms with Gasteiger partial charge >= 0.3 is 5.97 Å². The number of nitrogens with zero attached hydrogens (tertiary/aromatic N) is 4. The monoisotopic (exact) mass is 326 g/mol. The summed E-state index contributed by atoms with van der Waals surface area (Å²) >= 11 is 0. The minimum Gasteiger partial charge on any atom is -0.478 e. The normalized spacial score (nSPS) is 12.5. The molecule has 0 aromatic carbocycles. The van der Waals surface area contributed by atoms with Crippen LogP contribution in [0.15, 0.2) is 30.6 Å². The van der Waals surface area contributed by atoms with E-state index in [1.807, 2.05) is 32.9 Å². The molecule has 0 saturated heterocycles. The van der Waals surface area contributed by atoms with Crippen LogP contribution in [0.4, 0.5) is 0 Å². The van der Waals surface area contributed by atoms with E-state index in [2.05, 4.69) is 15.1 Å². The van der Waals surface area contributed by atoms with E-state index in [4.69, 9.17) is 4.74 Å². The van der Waals surface area contributed by atoms with Gasteiger partial charge in [0.2, 0.25) is 0 Å². The summed E-state index contributed by atoms with van der Waals surface area (Å²) in [6.45, 7) is 6.22. The maximum atomic E-state index is 11.3. The van der Waals surface area contributed by atoms with Gasteiger partial charge in [0.1, 0.15) is 11.9 Å². The SMILES string of the molecule is CCOC(C)n1nc(-c2ccnc(C)c2)c2cc(C(=O)O)cnc21. The number of fused-ring (bicyclic) bond motifs is 1. The fourth-order valence-corrected chi connectivity index (χ4v) is 2.61. The molecule has 1 atom stereocenters. The zero-order valence-electron chi connectivity index (χ0n) is 13.7. The van der Waals surface area contributed by atoms with Gasteiger partial charge in [-0.25, -0.2) is 14.5 Å². The fourth-order valence-electron chi connectivity index (χ4n) is 2.61. The highest BCUT2D eigenvalue weighted by Gasteiger charge is 2.19. The Kier molecular flexibility index (Phi) is 4.26. The number of ether oxygens (including phenoxy) is 1. The zero-order chi connectivity index (χ0) is 17.3. The topological polar surface area (TPSA) is 90.1 Å². The zero-order valence-corrected chi connectivity index (χ0v) is 13.7. The van der Waals surface area contributed by atoms with Gasteiger partial charge in [0.05, 0.1) is 5.56 Å². The second-order valence-electron chi connectivity index (χ2n) is 5.43. The van der Waals surface area contributed by atoms with Crippen molar-refractivity contribution in [1.29, 1.82) is 0 Å². The third-order valence-electron chi connectivity index (χ3n) is 3.72. The number of carboxylic acids is 1.